The Bertz CT molecular complexity index is 647. The first-order chi connectivity index (χ1) is 13.3. The average Bonchev–Trinajstić information content (AvgIpc) is 3.12. The first-order valence-electron chi connectivity index (χ1n) is 10.0. The van der Waals surface area contributed by atoms with Gasteiger partial charge in [0.25, 0.3) is 0 Å². The second-order valence-electron chi connectivity index (χ2n) is 8.14. The lowest BCUT2D eigenvalue weighted by Crippen LogP contribution is -2.39. The molecule has 1 aliphatic rings. The van der Waals surface area contributed by atoms with Crippen LogP contribution < -0.4 is 10.6 Å². The summed E-state index contributed by atoms with van der Waals surface area (Å²) in [6.45, 7) is 9.21. The number of rotatable bonds is 8. The Morgan fingerprint density at radius 3 is 2.50 bits per heavy atom. The number of likely N-dealkylation sites (tertiary alicyclic amines) is 1. The average molecular weight is 388 g/mol. The van der Waals surface area contributed by atoms with Crippen molar-refractivity contribution < 1.29 is 14.3 Å². The molecule has 1 aromatic carbocycles. The van der Waals surface area contributed by atoms with E-state index in [1.54, 1.807) is 6.08 Å². The summed E-state index contributed by atoms with van der Waals surface area (Å²) in [4.78, 5) is 26.6. The number of nitrogens with zero attached hydrogens (tertiary/aromatic N) is 1. The van der Waals surface area contributed by atoms with Crippen molar-refractivity contribution in [3.05, 3.63) is 48.0 Å². The highest BCUT2D eigenvalue weighted by molar-refractivity contribution is 5.87. The number of amides is 2. The van der Waals surface area contributed by atoms with Crippen molar-refractivity contribution >= 4 is 12.0 Å². The van der Waals surface area contributed by atoms with Crippen LogP contribution in [0.5, 0.6) is 0 Å². The van der Waals surface area contributed by atoms with Crippen LogP contribution in [0, 0.1) is 0 Å². The fraction of sp³-hybridized carbons (Fsp3) is 0.545. The third kappa shape index (κ3) is 9.04. The minimum atomic E-state index is -0.571. The van der Waals surface area contributed by atoms with Crippen LogP contribution in [-0.2, 0) is 16.0 Å². The molecule has 1 atom stereocenters. The summed E-state index contributed by atoms with van der Waals surface area (Å²) >= 11 is 0. The van der Waals surface area contributed by atoms with Gasteiger partial charge < -0.3 is 20.3 Å². The predicted molar refractivity (Wildman–Crippen MR) is 111 cm³/mol. The van der Waals surface area contributed by atoms with E-state index in [9.17, 15) is 9.59 Å². The normalized spacial score (nSPS) is 16.1. The van der Waals surface area contributed by atoms with Gasteiger partial charge in [-0.3, -0.25) is 4.79 Å². The third-order valence-corrected chi connectivity index (χ3v) is 4.41. The summed E-state index contributed by atoms with van der Waals surface area (Å²) in [6, 6.07) is 9.51. The zero-order chi connectivity index (χ0) is 20.4. The molecule has 0 spiro atoms. The lowest BCUT2D eigenvalue weighted by Gasteiger charge is -2.22. The molecule has 0 aromatic heterocycles. The summed E-state index contributed by atoms with van der Waals surface area (Å²) in [6.07, 6.45) is 5.79. The van der Waals surface area contributed by atoms with Crippen LogP contribution >= 0.6 is 0 Å². The van der Waals surface area contributed by atoms with Crippen molar-refractivity contribution in [1.29, 1.82) is 0 Å². The molecule has 2 rings (SSSR count). The maximum atomic E-state index is 12.1. The molecule has 2 amide bonds. The molecule has 0 saturated carbocycles. The predicted octanol–water partition coefficient (Wildman–Crippen LogP) is 2.89. The maximum Gasteiger partial charge on any atom is 0.408 e. The van der Waals surface area contributed by atoms with E-state index >= 15 is 0 Å². The molecule has 28 heavy (non-hydrogen) atoms. The summed E-state index contributed by atoms with van der Waals surface area (Å²) in [5.41, 5.74) is 0.501. The Kier molecular flexibility index (Phi) is 8.51. The van der Waals surface area contributed by atoms with Gasteiger partial charge in [0.05, 0.1) is 6.04 Å². The Balaban J connectivity index is 1.88. The molecule has 154 valence electrons. The van der Waals surface area contributed by atoms with Crippen molar-refractivity contribution in [2.75, 3.05) is 26.2 Å². The second-order valence-corrected chi connectivity index (χ2v) is 8.14. The molecular weight excluding hydrogens is 354 g/mol. The van der Waals surface area contributed by atoms with Gasteiger partial charge in [0.2, 0.25) is 5.91 Å². The highest BCUT2D eigenvalue weighted by atomic mass is 16.6. The van der Waals surface area contributed by atoms with Gasteiger partial charge in [0.15, 0.2) is 0 Å². The van der Waals surface area contributed by atoms with Crippen molar-refractivity contribution in [3.8, 4) is 0 Å². The number of benzene rings is 1. The molecule has 0 unspecified atom stereocenters. The molecule has 0 radical (unpaired) electrons. The van der Waals surface area contributed by atoms with Crippen LogP contribution in [0.1, 0.15) is 39.2 Å². The van der Waals surface area contributed by atoms with Crippen molar-refractivity contribution in [2.24, 2.45) is 0 Å². The molecule has 1 saturated heterocycles. The maximum absolute atomic E-state index is 12.1. The molecule has 2 N–H and O–H groups in total. The zero-order valence-electron chi connectivity index (χ0n) is 17.2. The molecular formula is C22H33N3O3. The van der Waals surface area contributed by atoms with Gasteiger partial charge in [0, 0.05) is 19.2 Å². The molecule has 1 aromatic rings. The number of hydrogen-bond acceptors (Lipinski definition) is 4. The second kappa shape index (κ2) is 10.9. The van der Waals surface area contributed by atoms with Gasteiger partial charge in [-0.05, 0) is 58.7 Å². The lowest BCUT2D eigenvalue weighted by molar-refractivity contribution is -0.116. The van der Waals surface area contributed by atoms with Crippen LogP contribution in [0.25, 0.3) is 0 Å². The van der Waals surface area contributed by atoms with Gasteiger partial charge in [-0.1, -0.05) is 36.4 Å². The summed E-state index contributed by atoms with van der Waals surface area (Å²) in [5.74, 6) is -0.150. The summed E-state index contributed by atoms with van der Waals surface area (Å²) in [7, 11) is 0. The van der Waals surface area contributed by atoms with Gasteiger partial charge in [-0.25, -0.2) is 4.79 Å². The first kappa shape index (κ1) is 22.0. The minimum Gasteiger partial charge on any atom is -0.444 e. The summed E-state index contributed by atoms with van der Waals surface area (Å²) in [5, 5.41) is 5.75. The minimum absolute atomic E-state index is 0.150. The smallest absolute Gasteiger partial charge is 0.408 e. The lowest BCUT2D eigenvalue weighted by atomic mass is 10.1. The number of carbonyl (C=O) groups excluding carboxylic acids is 2. The molecule has 6 heteroatoms. The van der Waals surface area contributed by atoms with Crippen LogP contribution in [0.4, 0.5) is 4.79 Å². The van der Waals surface area contributed by atoms with E-state index in [4.69, 9.17) is 4.74 Å². The quantitative estimate of drug-likeness (QED) is 0.673. The number of nitrogens with one attached hydrogen (secondary N) is 2. The van der Waals surface area contributed by atoms with E-state index in [-0.39, 0.29) is 11.9 Å². The van der Waals surface area contributed by atoms with Gasteiger partial charge >= 0.3 is 6.09 Å². The highest BCUT2D eigenvalue weighted by Crippen LogP contribution is 2.09. The van der Waals surface area contributed by atoms with E-state index in [1.165, 1.54) is 18.9 Å². The molecule has 1 heterocycles. The fourth-order valence-electron chi connectivity index (χ4n) is 3.10. The van der Waals surface area contributed by atoms with Crippen LogP contribution in [0.2, 0.25) is 0 Å². The van der Waals surface area contributed by atoms with E-state index in [1.807, 2.05) is 51.1 Å². The molecule has 0 bridgehead atoms. The number of alkyl carbamates (subject to hydrolysis) is 1. The van der Waals surface area contributed by atoms with Crippen LogP contribution in [-0.4, -0.2) is 54.7 Å². The fourth-order valence-corrected chi connectivity index (χ4v) is 3.10. The van der Waals surface area contributed by atoms with E-state index in [0.29, 0.717) is 13.0 Å². The van der Waals surface area contributed by atoms with E-state index in [0.717, 1.165) is 25.2 Å². The standard InChI is InChI=1S/C22H33N3O3/c1-22(2,3)28-21(27)24-19(17-18-9-5-4-6-10-18)11-12-20(26)23-13-16-25-14-7-8-15-25/h4-6,9-12,19H,7-8,13-17H2,1-3H3,(H,23,26)(H,24,27)/t19-/m0/s1. The molecule has 1 fully saturated rings. The Labute approximate surface area is 168 Å². The Hall–Kier alpha value is -2.34. The molecule has 1 aliphatic heterocycles. The van der Waals surface area contributed by atoms with Gasteiger partial charge in [-0.2, -0.15) is 0 Å². The van der Waals surface area contributed by atoms with Gasteiger partial charge in [0.1, 0.15) is 5.60 Å². The topological polar surface area (TPSA) is 70.7 Å². The Morgan fingerprint density at radius 1 is 1.18 bits per heavy atom. The summed E-state index contributed by atoms with van der Waals surface area (Å²) < 4.78 is 5.34. The van der Waals surface area contributed by atoms with Crippen LogP contribution in [0.15, 0.2) is 42.5 Å². The van der Waals surface area contributed by atoms with Crippen molar-refractivity contribution in [1.82, 2.24) is 15.5 Å². The third-order valence-electron chi connectivity index (χ3n) is 4.41. The SMILES string of the molecule is CC(C)(C)OC(=O)N[C@@H](C=CC(=O)NCCN1CCCC1)Cc1ccccc1. The number of carbonyl (C=O) groups is 2. The first-order valence-corrected chi connectivity index (χ1v) is 10.0. The Morgan fingerprint density at radius 2 is 1.86 bits per heavy atom. The molecule has 0 aliphatic carbocycles. The van der Waals surface area contributed by atoms with Crippen LogP contribution in [0.3, 0.4) is 0 Å². The van der Waals surface area contributed by atoms with Gasteiger partial charge in [-0.15, -0.1) is 0 Å². The molecule has 6 nitrogen and oxygen atoms in total. The van der Waals surface area contributed by atoms with E-state index in [2.05, 4.69) is 15.5 Å². The number of hydrogen-bond donors (Lipinski definition) is 2. The van der Waals surface area contributed by atoms with Crippen molar-refractivity contribution in [2.45, 2.75) is 51.7 Å². The van der Waals surface area contributed by atoms with Crippen molar-refractivity contribution in [3.63, 3.8) is 0 Å². The van der Waals surface area contributed by atoms with E-state index < -0.39 is 11.7 Å². The zero-order valence-corrected chi connectivity index (χ0v) is 17.2. The monoisotopic (exact) mass is 387 g/mol. The largest absolute Gasteiger partial charge is 0.444 e. The highest BCUT2D eigenvalue weighted by Gasteiger charge is 2.19. The number of ether oxygens (including phenoxy) is 1.